The van der Waals surface area contributed by atoms with E-state index in [-0.39, 0.29) is 16.7 Å². The molecule has 0 saturated carbocycles. The van der Waals surface area contributed by atoms with Gasteiger partial charge in [-0.15, -0.1) is 11.3 Å². The highest BCUT2D eigenvalue weighted by atomic mass is 32.2. The predicted molar refractivity (Wildman–Crippen MR) is 95.6 cm³/mol. The lowest BCUT2D eigenvalue weighted by atomic mass is 9.98. The van der Waals surface area contributed by atoms with E-state index in [1.165, 1.54) is 27.8 Å². The van der Waals surface area contributed by atoms with Crippen molar-refractivity contribution in [2.24, 2.45) is 5.92 Å². The van der Waals surface area contributed by atoms with Gasteiger partial charge in [-0.1, -0.05) is 12.1 Å². The van der Waals surface area contributed by atoms with Crippen LogP contribution in [0.15, 0.2) is 39.9 Å². The molecule has 1 fully saturated rings. The maximum atomic E-state index is 13.4. The number of sulfonamides is 1. The second-order valence-corrected chi connectivity index (χ2v) is 9.20. The van der Waals surface area contributed by atoms with Crippen molar-refractivity contribution in [3.63, 3.8) is 0 Å². The minimum Gasteiger partial charge on any atom is -0.325 e. The second-order valence-electron chi connectivity index (χ2n) is 6.08. The molecule has 1 amide bonds. The minimum absolute atomic E-state index is 0.139. The Morgan fingerprint density at radius 2 is 2.16 bits per heavy atom. The van der Waals surface area contributed by atoms with Gasteiger partial charge in [-0.05, 0) is 48.9 Å². The van der Waals surface area contributed by atoms with E-state index < -0.39 is 21.8 Å². The first kappa shape index (κ1) is 18.0. The van der Waals surface area contributed by atoms with Crippen LogP contribution in [0.4, 0.5) is 10.1 Å². The number of nitrogens with one attached hydrogen (secondary N) is 1. The monoisotopic (exact) mass is 382 g/mol. The molecule has 8 heteroatoms. The molecule has 1 aromatic carbocycles. The summed E-state index contributed by atoms with van der Waals surface area (Å²) in [6, 6.07) is 7.47. The number of amides is 1. The van der Waals surface area contributed by atoms with Crippen molar-refractivity contribution >= 4 is 33.0 Å². The molecule has 1 aromatic heterocycles. The molecule has 25 heavy (non-hydrogen) atoms. The molecule has 0 aliphatic carbocycles. The molecule has 2 heterocycles. The Morgan fingerprint density at radius 3 is 2.88 bits per heavy atom. The van der Waals surface area contributed by atoms with E-state index in [2.05, 4.69) is 5.32 Å². The largest absolute Gasteiger partial charge is 0.325 e. The van der Waals surface area contributed by atoms with Crippen LogP contribution in [0.1, 0.15) is 18.4 Å². The Kier molecular flexibility index (Phi) is 5.21. The van der Waals surface area contributed by atoms with E-state index in [0.717, 1.165) is 5.56 Å². The minimum atomic E-state index is -3.56. The summed E-state index contributed by atoms with van der Waals surface area (Å²) in [6.07, 6.45) is 1.22. The summed E-state index contributed by atoms with van der Waals surface area (Å²) in [5, 5.41) is 4.45. The van der Waals surface area contributed by atoms with Gasteiger partial charge in [-0.2, -0.15) is 4.31 Å². The Hall–Kier alpha value is -1.77. The number of anilines is 1. The summed E-state index contributed by atoms with van der Waals surface area (Å²) in [5.41, 5.74) is 1.18. The standard InChI is InChI=1S/C17H19FN2O3S2/c1-12-6-7-14(18)10-15(12)19-17(21)13-4-2-8-20(11-13)25(22,23)16-5-3-9-24-16/h3,5-7,9-10,13H,2,4,8,11H2,1H3,(H,19,21). The van der Waals surface area contributed by atoms with Crippen molar-refractivity contribution < 1.29 is 17.6 Å². The Bertz CT molecular complexity index is 866. The van der Waals surface area contributed by atoms with Gasteiger partial charge in [0.25, 0.3) is 10.0 Å². The van der Waals surface area contributed by atoms with Crippen molar-refractivity contribution in [2.45, 2.75) is 24.0 Å². The van der Waals surface area contributed by atoms with Crippen LogP contribution in [0.25, 0.3) is 0 Å². The first-order chi connectivity index (χ1) is 11.9. The third kappa shape index (κ3) is 3.91. The summed E-state index contributed by atoms with van der Waals surface area (Å²) in [5.74, 6) is -1.16. The number of thiophene rings is 1. The van der Waals surface area contributed by atoms with Crippen LogP contribution in [-0.2, 0) is 14.8 Å². The molecule has 0 spiro atoms. The lowest BCUT2D eigenvalue weighted by Gasteiger charge is -2.30. The van der Waals surface area contributed by atoms with Crippen molar-refractivity contribution in [3.8, 4) is 0 Å². The van der Waals surface area contributed by atoms with E-state index in [9.17, 15) is 17.6 Å². The smallest absolute Gasteiger partial charge is 0.252 e. The van der Waals surface area contributed by atoms with E-state index in [4.69, 9.17) is 0 Å². The first-order valence-electron chi connectivity index (χ1n) is 7.98. The average molecular weight is 382 g/mol. The maximum Gasteiger partial charge on any atom is 0.252 e. The van der Waals surface area contributed by atoms with E-state index in [0.29, 0.717) is 25.1 Å². The van der Waals surface area contributed by atoms with Gasteiger partial charge >= 0.3 is 0 Å². The van der Waals surface area contributed by atoms with E-state index in [1.54, 1.807) is 30.5 Å². The zero-order valence-corrected chi connectivity index (χ0v) is 15.4. The number of rotatable bonds is 4. The molecular weight excluding hydrogens is 363 g/mol. The third-order valence-corrected chi connectivity index (χ3v) is 7.54. The number of hydrogen-bond donors (Lipinski definition) is 1. The number of carbonyl (C=O) groups is 1. The molecule has 1 saturated heterocycles. The quantitative estimate of drug-likeness (QED) is 0.883. The zero-order valence-electron chi connectivity index (χ0n) is 13.7. The molecule has 0 bridgehead atoms. The molecule has 1 atom stereocenters. The number of piperidine rings is 1. The summed E-state index contributed by atoms with van der Waals surface area (Å²) in [7, 11) is -3.56. The number of carbonyl (C=O) groups excluding carboxylic acids is 1. The highest BCUT2D eigenvalue weighted by Gasteiger charge is 2.33. The fourth-order valence-corrected chi connectivity index (χ4v) is 5.54. The molecule has 3 rings (SSSR count). The van der Waals surface area contributed by atoms with Crippen molar-refractivity contribution in [1.82, 2.24) is 4.31 Å². The SMILES string of the molecule is Cc1ccc(F)cc1NC(=O)C1CCCN(S(=O)(=O)c2cccs2)C1. The van der Waals surface area contributed by atoms with Gasteiger partial charge in [0.15, 0.2) is 0 Å². The molecular formula is C17H19FN2O3S2. The molecule has 1 unspecified atom stereocenters. The van der Waals surface area contributed by atoms with E-state index >= 15 is 0 Å². The Balaban J connectivity index is 1.73. The average Bonchev–Trinajstić information content (AvgIpc) is 3.13. The van der Waals surface area contributed by atoms with Gasteiger partial charge in [0.05, 0.1) is 5.92 Å². The number of benzene rings is 1. The Morgan fingerprint density at radius 1 is 1.36 bits per heavy atom. The van der Waals surface area contributed by atoms with Crippen LogP contribution in [0.5, 0.6) is 0 Å². The highest BCUT2D eigenvalue weighted by molar-refractivity contribution is 7.91. The van der Waals surface area contributed by atoms with Gasteiger partial charge in [0.2, 0.25) is 5.91 Å². The predicted octanol–water partition coefficient (Wildman–Crippen LogP) is 3.24. The summed E-state index contributed by atoms with van der Waals surface area (Å²) in [4.78, 5) is 12.5. The van der Waals surface area contributed by atoms with E-state index in [1.807, 2.05) is 0 Å². The lowest BCUT2D eigenvalue weighted by Crippen LogP contribution is -2.43. The van der Waals surface area contributed by atoms with Crippen LogP contribution in [0.3, 0.4) is 0 Å². The van der Waals surface area contributed by atoms with Gasteiger partial charge in [0.1, 0.15) is 10.0 Å². The van der Waals surface area contributed by atoms with Crippen LogP contribution in [0.2, 0.25) is 0 Å². The fourth-order valence-electron chi connectivity index (χ4n) is 2.88. The maximum absolute atomic E-state index is 13.4. The normalized spacial score (nSPS) is 18.9. The van der Waals surface area contributed by atoms with Crippen LogP contribution in [0, 0.1) is 18.7 Å². The van der Waals surface area contributed by atoms with Gasteiger partial charge in [0, 0.05) is 18.8 Å². The Labute approximate surface area is 150 Å². The number of nitrogens with zero attached hydrogens (tertiary/aromatic N) is 1. The summed E-state index contributed by atoms with van der Waals surface area (Å²) in [6.45, 7) is 2.33. The molecule has 1 N–H and O–H groups in total. The first-order valence-corrected chi connectivity index (χ1v) is 10.3. The molecule has 0 radical (unpaired) electrons. The van der Waals surface area contributed by atoms with Crippen molar-refractivity contribution in [2.75, 3.05) is 18.4 Å². The highest BCUT2D eigenvalue weighted by Crippen LogP contribution is 2.27. The molecule has 134 valence electrons. The number of aryl methyl sites for hydroxylation is 1. The topological polar surface area (TPSA) is 66.5 Å². The van der Waals surface area contributed by atoms with Crippen LogP contribution < -0.4 is 5.32 Å². The molecule has 2 aromatic rings. The summed E-state index contributed by atoms with van der Waals surface area (Å²) >= 11 is 1.17. The lowest BCUT2D eigenvalue weighted by molar-refractivity contribution is -0.120. The van der Waals surface area contributed by atoms with Crippen LogP contribution >= 0.6 is 11.3 Å². The zero-order chi connectivity index (χ0) is 18.0. The van der Waals surface area contributed by atoms with Crippen molar-refractivity contribution in [1.29, 1.82) is 0 Å². The van der Waals surface area contributed by atoms with Gasteiger partial charge in [-0.3, -0.25) is 4.79 Å². The second kappa shape index (κ2) is 7.23. The van der Waals surface area contributed by atoms with Gasteiger partial charge < -0.3 is 5.32 Å². The number of halogens is 1. The molecule has 1 aliphatic rings. The van der Waals surface area contributed by atoms with Crippen molar-refractivity contribution in [3.05, 3.63) is 47.1 Å². The molecule has 1 aliphatic heterocycles. The van der Waals surface area contributed by atoms with Gasteiger partial charge in [-0.25, -0.2) is 12.8 Å². The fraction of sp³-hybridized carbons (Fsp3) is 0.353. The third-order valence-electron chi connectivity index (χ3n) is 4.30. The molecule has 5 nitrogen and oxygen atoms in total. The summed E-state index contributed by atoms with van der Waals surface area (Å²) < 4.78 is 40.3. The number of hydrogen-bond acceptors (Lipinski definition) is 4. The van der Waals surface area contributed by atoms with Crippen LogP contribution in [-0.4, -0.2) is 31.7 Å².